The summed E-state index contributed by atoms with van der Waals surface area (Å²) in [4.78, 5) is 3.13. The minimum absolute atomic E-state index is 0.362. The van der Waals surface area contributed by atoms with Crippen LogP contribution in [0.25, 0.3) is 0 Å². The van der Waals surface area contributed by atoms with E-state index in [2.05, 4.69) is 30.5 Å². The Morgan fingerprint density at radius 3 is 2.86 bits per heavy atom. The molecule has 2 heterocycles. The van der Waals surface area contributed by atoms with E-state index < -0.39 is 0 Å². The zero-order valence-electron chi connectivity index (χ0n) is 9.12. The molecule has 1 saturated carbocycles. The van der Waals surface area contributed by atoms with Crippen LogP contribution in [0.2, 0.25) is 0 Å². The number of hydrogen-bond donors (Lipinski definition) is 1. The fourth-order valence-electron chi connectivity index (χ4n) is 3.64. The molecular weight excluding hydrogens is 192 g/mol. The molecule has 0 aromatic carbocycles. The van der Waals surface area contributed by atoms with Crippen molar-refractivity contribution in [2.75, 3.05) is 12.3 Å². The lowest BCUT2D eigenvalue weighted by molar-refractivity contribution is 0.137. The molecular formula is C11H20N2S. The second kappa shape index (κ2) is 2.69. The van der Waals surface area contributed by atoms with Gasteiger partial charge in [0.25, 0.3) is 0 Å². The van der Waals surface area contributed by atoms with Crippen molar-refractivity contribution in [2.45, 2.75) is 50.1 Å². The Bertz CT molecular complexity index is 262. The Hall–Kier alpha value is 0.270. The van der Waals surface area contributed by atoms with Crippen molar-refractivity contribution >= 4 is 11.8 Å². The molecule has 0 aromatic heterocycles. The predicted octanol–water partition coefficient (Wildman–Crippen LogP) is 1.65. The quantitative estimate of drug-likeness (QED) is 0.716. The van der Waals surface area contributed by atoms with Crippen molar-refractivity contribution < 1.29 is 0 Å². The monoisotopic (exact) mass is 212 g/mol. The molecule has 3 heteroatoms. The van der Waals surface area contributed by atoms with Crippen LogP contribution in [0, 0.1) is 5.41 Å². The molecule has 3 rings (SSSR count). The number of rotatable bonds is 1. The zero-order chi connectivity index (χ0) is 9.97. The third-order valence-corrected chi connectivity index (χ3v) is 5.81. The Morgan fingerprint density at radius 1 is 1.43 bits per heavy atom. The minimum atomic E-state index is 0.362. The van der Waals surface area contributed by atoms with Gasteiger partial charge in [-0.1, -0.05) is 0 Å². The highest BCUT2D eigenvalue weighted by Gasteiger charge is 2.66. The van der Waals surface area contributed by atoms with Crippen LogP contribution in [0.15, 0.2) is 0 Å². The van der Waals surface area contributed by atoms with Gasteiger partial charge in [0.2, 0.25) is 0 Å². The fourth-order valence-corrected chi connectivity index (χ4v) is 4.95. The molecule has 0 bridgehead atoms. The van der Waals surface area contributed by atoms with Crippen LogP contribution in [-0.2, 0) is 0 Å². The molecule has 80 valence electrons. The highest BCUT2D eigenvalue weighted by molar-refractivity contribution is 8.00. The standard InChI is InChI=1S/C11H20N2S/c1-10(2)13-8(3-4-14-10)5-11(7-12)6-9(11)13/h8-9H,3-7,12H2,1-2H3/t8-,9-,11+/m1/s1. The third kappa shape index (κ3) is 1.06. The zero-order valence-corrected chi connectivity index (χ0v) is 9.94. The second-order valence-corrected chi connectivity index (χ2v) is 7.33. The van der Waals surface area contributed by atoms with Crippen LogP contribution in [0.1, 0.15) is 33.1 Å². The molecule has 2 N–H and O–H groups in total. The minimum Gasteiger partial charge on any atom is -0.330 e. The topological polar surface area (TPSA) is 29.3 Å². The number of piperidine rings is 1. The molecule has 0 aromatic rings. The van der Waals surface area contributed by atoms with Crippen LogP contribution < -0.4 is 5.73 Å². The van der Waals surface area contributed by atoms with E-state index in [0.717, 1.165) is 18.6 Å². The highest BCUT2D eigenvalue weighted by atomic mass is 32.2. The van der Waals surface area contributed by atoms with Crippen molar-refractivity contribution in [3.05, 3.63) is 0 Å². The van der Waals surface area contributed by atoms with Gasteiger partial charge in [0.05, 0.1) is 4.87 Å². The lowest BCUT2D eigenvalue weighted by atomic mass is 9.98. The van der Waals surface area contributed by atoms with Crippen LogP contribution in [0.3, 0.4) is 0 Å². The molecule has 0 radical (unpaired) electrons. The molecule has 2 saturated heterocycles. The van der Waals surface area contributed by atoms with Crippen molar-refractivity contribution in [3.8, 4) is 0 Å². The summed E-state index contributed by atoms with van der Waals surface area (Å²) in [5, 5.41) is 0. The largest absolute Gasteiger partial charge is 0.330 e. The first-order chi connectivity index (χ1) is 6.59. The molecule has 3 fully saturated rings. The number of thioether (sulfide) groups is 1. The van der Waals surface area contributed by atoms with E-state index in [4.69, 9.17) is 5.73 Å². The average molecular weight is 212 g/mol. The normalized spacial score (nSPS) is 49.9. The Kier molecular flexibility index (Phi) is 1.82. The maximum absolute atomic E-state index is 5.92. The van der Waals surface area contributed by atoms with Crippen LogP contribution in [-0.4, -0.2) is 34.2 Å². The molecule has 2 aliphatic heterocycles. The summed E-state index contributed by atoms with van der Waals surface area (Å²) in [5.74, 6) is 1.33. The highest BCUT2D eigenvalue weighted by Crippen LogP contribution is 2.63. The first kappa shape index (κ1) is 9.49. The second-order valence-electron chi connectivity index (χ2n) is 5.64. The van der Waals surface area contributed by atoms with Gasteiger partial charge in [-0.2, -0.15) is 0 Å². The van der Waals surface area contributed by atoms with Gasteiger partial charge < -0.3 is 5.73 Å². The summed E-state index contributed by atoms with van der Waals surface area (Å²) >= 11 is 2.12. The first-order valence-electron chi connectivity index (χ1n) is 5.72. The Balaban J connectivity index is 1.88. The summed E-state index contributed by atoms with van der Waals surface area (Å²) in [7, 11) is 0. The van der Waals surface area contributed by atoms with Crippen molar-refractivity contribution in [1.29, 1.82) is 0 Å². The van der Waals surface area contributed by atoms with Crippen LogP contribution >= 0.6 is 11.8 Å². The summed E-state index contributed by atoms with van der Waals surface area (Å²) in [6, 6.07) is 1.66. The number of fused-ring (bicyclic) bond motifs is 3. The molecule has 0 amide bonds. The van der Waals surface area contributed by atoms with Crippen molar-refractivity contribution in [1.82, 2.24) is 4.90 Å². The van der Waals surface area contributed by atoms with Gasteiger partial charge in [0.1, 0.15) is 0 Å². The molecule has 2 nitrogen and oxygen atoms in total. The van der Waals surface area contributed by atoms with Crippen LogP contribution in [0.5, 0.6) is 0 Å². The summed E-state index contributed by atoms with van der Waals surface area (Å²) in [6.07, 6.45) is 4.12. The summed E-state index contributed by atoms with van der Waals surface area (Å²) in [5.41, 5.74) is 6.45. The summed E-state index contributed by atoms with van der Waals surface area (Å²) in [6.45, 7) is 5.68. The lowest BCUT2D eigenvalue weighted by Gasteiger charge is -2.45. The third-order valence-electron chi connectivity index (χ3n) is 4.45. The predicted molar refractivity (Wildman–Crippen MR) is 61.3 cm³/mol. The lowest BCUT2D eigenvalue weighted by Crippen LogP contribution is -2.50. The van der Waals surface area contributed by atoms with Crippen molar-refractivity contribution in [3.63, 3.8) is 0 Å². The van der Waals surface area contributed by atoms with Gasteiger partial charge in [-0.25, -0.2) is 0 Å². The maximum Gasteiger partial charge on any atom is 0.0618 e. The molecule has 1 aliphatic carbocycles. The molecule has 14 heavy (non-hydrogen) atoms. The van der Waals surface area contributed by atoms with Crippen LogP contribution in [0.4, 0.5) is 0 Å². The molecule has 3 aliphatic rings. The Morgan fingerprint density at radius 2 is 2.21 bits per heavy atom. The average Bonchev–Trinajstić information content (AvgIpc) is 2.71. The number of nitrogens with two attached hydrogens (primary N) is 1. The number of nitrogens with zero attached hydrogens (tertiary/aromatic N) is 1. The van der Waals surface area contributed by atoms with E-state index >= 15 is 0 Å². The smallest absolute Gasteiger partial charge is 0.0618 e. The van der Waals surface area contributed by atoms with E-state index in [-0.39, 0.29) is 0 Å². The SMILES string of the molecule is CC1(C)SCC[C@@H]2C[C@@]3(CN)C[C@H]3N21. The van der Waals surface area contributed by atoms with E-state index in [1.165, 1.54) is 25.0 Å². The van der Waals surface area contributed by atoms with Gasteiger partial charge in [-0.05, 0) is 45.4 Å². The van der Waals surface area contributed by atoms with E-state index in [9.17, 15) is 0 Å². The van der Waals surface area contributed by atoms with E-state index in [1.807, 2.05) is 0 Å². The van der Waals surface area contributed by atoms with Crippen molar-refractivity contribution in [2.24, 2.45) is 11.1 Å². The first-order valence-corrected chi connectivity index (χ1v) is 6.70. The van der Waals surface area contributed by atoms with Gasteiger partial charge in [-0.15, -0.1) is 11.8 Å². The van der Waals surface area contributed by atoms with Gasteiger partial charge in [0, 0.05) is 17.5 Å². The van der Waals surface area contributed by atoms with E-state index in [0.29, 0.717) is 10.3 Å². The van der Waals surface area contributed by atoms with E-state index in [1.54, 1.807) is 0 Å². The fraction of sp³-hybridized carbons (Fsp3) is 1.00. The Labute approximate surface area is 90.6 Å². The number of hydrogen-bond acceptors (Lipinski definition) is 3. The van der Waals surface area contributed by atoms with Gasteiger partial charge >= 0.3 is 0 Å². The molecule has 0 unspecified atom stereocenters. The molecule has 3 atom stereocenters. The maximum atomic E-state index is 5.92. The molecule has 0 spiro atoms. The van der Waals surface area contributed by atoms with Gasteiger partial charge in [-0.3, -0.25) is 4.90 Å². The summed E-state index contributed by atoms with van der Waals surface area (Å²) < 4.78 is 0. The van der Waals surface area contributed by atoms with Gasteiger partial charge in [0.15, 0.2) is 0 Å².